The van der Waals surface area contributed by atoms with Gasteiger partial charge >= 0.3 is 5.69 Å². The highest BCUT2D eigenvalue weighted by atomic mass is 16.5. The maximum atomic E-state index is 12.2. The number of hydrazone groups is 1. The molecule has 0 saturated heterocycles. The van der Waals surface area contributed by atoms with Crippen molar-refractivity contribution < 1.29 is 9.53 Å². The Bertz CT molecular complexity index is 1410. The SMILES string of the molecule is O=C(CCc1n[nH]c(=O)[nH]c1=O)N/N=C/c1c(OCc2ccccc2)ccc2ccccc12. The number of carbonyl (C=O) groups excluding carboxylic acids is 1. The molecule has 33 heavy (non-hydrogen) atoms. The molecule has 1 aromatic heterocycles. The van der Waals surface area contributed by atoms with E-state index < -0.39 is 17.2 Å². The van der Waals surface area contributed by atoms with Gasteiger partial charge < -0.3 is 4.74 Å². The zero-order valence-corrected chi connectivity index (χ0v) is 17.6. The van der Waals surface area contributed by atoms with Crippen molar-refractivity contribution >= 4 is 22.9 Å². The van der Waals surface area contributed by atoms with Crippen LogP contribution < -0.4 is 21.4 Å². The van der Waals surface area contributed by atoms with Crippen LogP contribution in [-0.4, -0.2) is 27.3 Å². The fourth-order valence-corrected chi connectivity index (χ4v) is 3.27. The first kappa shape index (κ1) is 21.7. The summed E-state index contributed by atoms with van der Waals surface area (Å²) in [5.74, 6) is 0.241. The Morgan fingerprint density at radius 3 is 2.64 bits per heavy atom. The second kappa shape index (κ2) is 10.2. The smallest absolute Gasteiger partial charge is 0.342 e. The van der Waals surface area contributed by atoms with Crippen LogP contribution in [0.15, 0.2) is 81.4 Å². The number of aryl methyl sites for hydroxylation is 1. The molecule has 0 aliphatic rings. The van der Waals surface area contributed by atoms with Crippen LogP contribution in [0.2, 0.25) is 0 Å². The van der Waals surface area contributed by atoms with Crippen molar-refractivity contribution in [3.05, 3.63) is 104 Å². The monoisotopic (exact) mass is 443 g/mol. The number of rotatable bonds is 8. The number of nitrogens with zero attached hydrogens (tertiary/aromatic N) is 2. The van der Waals surface area contributed by atoms with E-state index in [0.717, 1.165) is 21.9 Å². The van der Waals surface area contributed by atoms with Gasteiger partial charge in [-0.25, -0.2) is 15.3 Å². The van der Waals surface area contributed by atoms with E-state index in [2.05, 4.69) is 25.7 Å². The van der Waals surface area contributed by atoms with Crippen LogP contribution in [0.3, 0.4) is 0 Å². The molecule has 3 N–H and O–H groups in total. The van der Waals surface area contributed by atoms with Crippen molar-refractivity contribution in [3.8, 4) is 5.75 Å². The highest BCUT2D eigenvalue weighted by molar-refractivity contribution is 6.02. The molecular formula is C24H21N5O4. The van der Waals surface area contributed by atoms with Crippen molar-refractivity contribution in [2.24, 2.45) is 5.10 Å². The van der Waals surface area contributed by atoms with Gasteiger partial charge in [0.1, 0.15) is 18.1 Å². The summed E-state index contributed by atoms with van der Waals surface area (Å²) in [4.78, 5) is 36.9. The van der Waals surface area contributed by atoms with Gasteiger partial charge in [0.15, 0.2) is 0 Å². The van der Waals surface area contributed by atoms with E-state index >= 15 is 0 Å². The average molecular weight is 443 g/mol. The normalized spacial score (nSPS) is 11.0. The van der Waals surface area contributed by atoms with E-state index in [1.165, 1.54) is 0 Å². The Labute approximate surface area is 188 Å². The van der Waals surface area contributed by atoms with Crippen molar-refractivity contribution in [1.29, 1.82) is 0 Å². The number of benzene rings is 3. The largest absolute Gasteiger partial charge is 0.488 e. The molecule has 0 unspecified atom stereocenters. The first-order chi connectivity index (χ1) is 16.1. The van der Waals surface area contributed by atoms with Crippen LogP contribution in [-0.2, 0) is 17.8 Å². The summed E-state index contributed by atoms with van der Waals surface area (Å²) in [6.07, 6.45) is 1.59. The lowest BCUT2D eigenvalue weighted by Gasteiger charge is -2.12. The van der Waals surface area contributed by atoms with E-state index in [9.17, 15) is 14.4 Å². The van der Waals surface area contributed by atoms with Crippen molar-refractivity contribution in [3.63, 3.8) is 0 Å². The number of hydrogen-bond acceptors (Lipinski definition) is 6. The highest BCUT2D eigenvalue weighted by Crippen LogP contribution is 2.27. The van der Waals surface area contributed by atoms with Gasteiger partial charge in [-0.1, -0.05) is 60.7 Å². The van der Waals surface area contributed by atoms with Gasteiger partial charge in [0.05, 0.1) is 6.21 Å². The Morgan fingerprint density at radius 1 is 1.03 bits per heavy atom. The molecule has 0 saturated carbocycles. The van der Waals surface area contributed by atoms with Gasteiger partial charge in [0.2, 0.25) is 5.91 Å². The third kappa shape index (κ3) is 5.59. The van der Waals surface area contributed by atoms with Gasteiger partial charge in [0, 0.05) is 18.4 Å². The standard InChI is InChI=1S/C24H21N5O4/c30-22(13-11-20-23(31)26-24(32)29-27-20)28-25-14-19-18-9-5-4-8-17(18)10-12-21(19)33-15-16-6-2-1-3-7-16/h1-10,12,14H,11,13,15H2,(H,28,30)(H2,26,29,31,32)/b25-14+. The van der Waals surface area contributed by atoms with Crippen LogP contribution in [0.1, 0.15) is 23.2 Å². The summed E-state index contributed by atoms with van der Waals surface area (Å²) in [7, 11) is 0. The molecule has 0 aliphatic carbocycles. The number of nitrogens with one attached hydrogen (secondary N) is 3. The topological polar surface area (TPSA) is 129 Å². The molecule has 9 nitrogen and oxygen atoms in total. The molecule has 0 fully saturated rings. The summed E-state index contributed by atoms with van der Waals surface area (Å²) in [6, 6.07) is 21.5. The van der Waals surface area contributed by atoms with E-state index in [0.29, 0.717) is 12.4 Å². The lowest BCUT2D eigenvalue weighted by Crippen LogP contribution is -2.28. The highest BCUT2D eigenvalue weighted by Gasteiger charge is 2.09. The summed E-state index contributed by atoms with van der Waals surface area (Å²) in [5.41, 5.74) is 2.99. The van der Waals surface area contributed by atoms with Crippen LogP contribution in [0.4, 0.5) is 0 Å². The second-order valence-electron chi connectivity index (χ2n) is 7.22. The molecule has 0 aliphatic heterocycles. The fourth-order valence-electron chi connectivity index (χ4n) is 3.27. The lowest BCUT2D eigenvalue weighted by atomic mass is 10.0. The summed E-state index contributed by atoms with van der Waals surface area (Å²) < 4.78 is 6.04. The molecule has 4 aromatic rings. The molecule has 0 atom stereocenters. The molecule has 0 bridgehead atoms. The number of aromatic amines is 2. The Kier molecular flexibility index (Phi) is 6.70. The Balaban J connectivity index is 1.47. The lowest BCUT2D eigenvalue weighted by molar-refractivity contribution is -0.121. The predicted molar refractivity (Wildman–Crippen MR) is 124 cm³/mol. The third-order valence-corrected chi connectivity index (χ3v) is 4.92. The van der Waals surface area contributed by atoms with Crippen LogP contribution in [0, 0.1) is 0 Å². The summed E-state index contributed by atoms with van der Waals surface area (Å²) >= 11 is 0. The molecule has 4 rings (SSSR count). The number of hydrogen-bond donors (Lipinski definition) is 3. The van der Waals surface area contributed by atoms with Gasteiger partial charge in [-0.3, -0.25) is 14.6 Å². The summed E-state index contributed by atoms with van der Waals surface area (Å²) in [6.45, 7) is 0.396. The number of ether oxygens (including phenoxy) is 1. The van der Waals surface area contributed by atoms with E-state index in [1.54, 1.807) is 6.21 Å². The maximum absolute atomic E-state index is 12.2. The van der Waals surface area contributed by atoms with Gasteiger partial charge in [-0.15, -0.1) is 0 Å². The van der Waals surface area contributed by atoms with Gasteiger partial charge in [-0.05, 0) is 22.4 Å². The van der Waals surface area contributed by atoms with Crippen molar-refractivity contribution in [2.75, 3.05) is 0 Å². The molecule has 0 radical (unpaired) electrons. The quantitative estimate of drug-likeness (QED) is 0.284. The molecule has 0 spiro atoms. The fraction of sp³-hybridized carbons (Fsp3) is 0.125. The molecule has 1 heterocycles. The molecule has 1 amide bonds. The van der Waals surface area contributed by atoms with E-state index in [1.807, 2.05) is 66.7 Å². The van der Waals surface area contributed by atoms with Crippen LogP contribution in [0.5, 0.6) is 5.75 Å². The maximum Gasteiger partial charge on any atom is 0.342 e. The Hall–Kier alpha value is -4.53. The molecule has 9 heteroatoms. The third-order valence-electron chi connectivity index (χ3n) is 4.92. The van der Waals surface area contributed by atoms with Crippen molar-refractivity contribution in [2.45, 2.75) is 19.4 Å². The zero-order chi connectivity index (χ0) is 23.0. The van der Waals surface area contributed by atoms with Crippen LogP contribution >= 0.6 is 0 Å². The number of fused-ring (bicyclic) bond motifs is 1. The predicted octanol–water partition coefficient (Wildman–Crippen LogP) is 2.27. The minimum Gasteiger partial charge on any atom is -0.488 e. The first-order valence-corrected chi connectivity index (χ1v) is 10.3. The number of H-pyrrole nitrogens is 2. The Morgan fingerprint density at radius 2 is 1.82 bits per heavy atom. The molecular weight excluding hydrogens is 422 g/mol. The number of carbonyl (C=O) groups is 1. The molecule has 166 valence electrons. The summed E-state index contributed by atoms with van der Waals surface area (Å²) in [5, 5.41) is 11.8. The van der Waals surface area contributed by atoms with E-state index in [-0.39, 0.29) is 18.5 Å². The number of amides is 1. The zero-order valence-electron chi connectivity index (χ0n) is 17.6. The average Bonchev–Trinajstić information content (AvgIpc) is 2.83. The second-order valence-corrected chi connectivity index (χ2v) is 7.22. The first-order valence-electron chi connectivity index (χ1n) is 10.3. The minimum absolute atomic E-state index is 0.0215. The molecule has 3 aromatic carbocycles. The van der Waals surface area contributed by atoms with Gasteiger partial charge in [0.25, 0.3) is 5.56 Å². The van der Waals surface area contributed by atoms with Crippen LogP contribution in [0.25, 0.3) is 10.8 Å². The van der Waals surface area contributed by atoms with Crippen molar-refractivity contribution in [1.82, 2.24) is 20.6 Å². The van der Waals surface area contributed by atoms with E-state index in [4.69, 9.17) is 4.74 Å². The van der Waals surface area contributed by atoms with Gasteiger partial charge in [-0.2, -0.15) is 10.2 Å². The minimum atomic E-state index is -0.696. The number of aromatic nitrogens is 3.